The molecule has 0 aromatic heterocycles. The minimum Gasteiger partial charge on any atom is -0.354 e. The molecule has 2 N–H and O–H groups in total. The van der Waals surface area contributed by atoms with Crippen LogP contribution >= 0.6 is 0 Å². The largest absolute Gasteiger partial charge is 0.354 e. The number of nitro groups is 1. The third-order valence-electron chi connectivity index (χ3n) is 2.95. The molecular formula is C12H13N3O4. The molecule has 1 atom stereocenters. The van der Waals surface area contributed by atoms with Crippen LogP contribution in [0.5, 0.6) is 0 Å². The zero-order valence-electron chi connectivity index (χ0n) is 10.1. The minimum atomic E-state index is -0.586. The first-order valence-electron chi connectivity index (χ1n) is 5.89. The summed E-state index contributed by atoms with van der Waals surface area (Å²) < 4.78 is 0. The number of rotatable bonds is 3. The van der Waals surface area contributed by atoms with Crippen molar-refractivity contribution in [1.29, 1.82) is 0 Å². The number of carbonyl (C=O) groups excluding carboxylic acids is 2. The first kappa shape index (κ1) is 13.0. The second kappa shape index (κ2) is 5.47. The molecule has 1 aliphatic rings. The van der Waals surface area contributed by atoms with Crippen molar-refractivity contribution in [3.63, 3.8) is 0 Å². The molecule has 0 saturated carbocycles. The molecule has 1 heterocycles. The topological polar surface area (TPSA) is 101 Å². The van der Waals surface area contributed by atoms with Crippen LogP contribution in [0.2, 0.25) is 0 Å². The Kier molecular flexibility index (Phi) is 3.74. The molecule has 0 radical (unpaired) electrons. The minimum absolute atomic E-state index is 0.0319. The number of piperidine rings is 1. The number of nitrogens with zero attached hydrogens (tertiary/aromatic N) is 1. The summed E-state index contributed by atoms with van der Waals surface area (Å²) in [7, 11) is 0. The maximum absolute atomic E-state index is 12.0. The van der Waals surface area contributed by atoms with E-state index in [0.717, 1.165) is 0 Å². The van der Waals surface area contributed by atoms with Gasteiger partial charge in [-0.25, -0.2) is 0 Å². The third kappa shape index (κ3) is 3.06. The monoisotopic (exact) mass is 263 g/mol. The van der Waals surface area contributed by atoms with Gasteiger partial charge in [0, 0.05) is 25.1 Å². The lowest BCUT2D eigenvalue weighted by Gasteiger charge is -2.23. The van der Waals surface area contributed by atoms with Gasteiger partial charge in [-0.1, -0.05) is 12.1 Å². The van der Waals surface area contributed by atoms with Crippen LogP contribution in [0, 0.1) is 10.1 Å². The van der Waals surface area contributed by atoms with Gasteiger partial charge in [0.25, 0.3) is 11.6 Å². The molecule has 0 spiro atoms. The Labute approximate surface area is 109 Å². The highest BCUT2D eigenvalue weighted by atomic mass is 16.6. The highest BCUT2D eigenvalue weighted by molar-refractivity contribution is 5.98. The van der Waals surface area contributed by atoms with E-state index in [2.05, 4.69) is 10.6 Å². The number of hydrogen-bond acceptors (Lipinski definition) is 4. The lowest BCUT2D eigenvalue weighted by atomic mass is 10.1. The molecule has 7 nitrogen and oxygen atoms in total. The quantitative estimate of drug-likeness (QED) is 0.616. The van der Waals surface area contributed by atoms with Gasteiger partial charge in [0.1, 0.15) is 5.56 Å². The molecule has 2 rings (SSSR count). The number of nitro benzene ring substituents is 1. The normalized spacial score (nSPS) is 18.5. The van der Waals surface area contributed by atoms with Gasteiger partial charge < -0.3 is 10.6 Å². The molecule has 1 aromatic rings. The molecule has 1 unspecified atom stereocenters. The highest BCUT2D eigenvalue weighted by Crippen LogP contribution is 2.17. The fourth-order valence-electron chi connectivity index (χ4n) is 1.94. The smallest absolute Gasteiger partial charge is 0.282 e. The summed E-state index contributed by atoms with van der Waals surface area (Å²) in [6.07, 6.45) is 0.889. The van der Waals surface area contributed by atoms with Gasteiger partial charge in [-0.15, -0.1) is 0 Å². The van der Waals surface area contributed by atoms with Crippen LogP contribution in [0.4, 0.5) is 5.69 Å². The van der Waals surface area contributed by atoms with E-state index < -0.39 is 10.8 Å². The van der Waals surface area contributed by atoms with E-state index in [-0.39, 0.29) is 23.2 Å². The van der Waals surface area contributed by atoms with Crippen molar-refractivity contribution < 1.29 is 14.5 Å². The highest BCUT2D eigenvalue weighted by Gasteiger charge is 2.24. The van der Waals surface area contributed by atoms with Crippen molar-refractivity contribution in [3.05, 3.63) is 39.9 Å². The molecule has 1 aromatic carbocycles. The standard InChI is InChI=1S/C12H13N3O4/c16-11-6-5-8(7-13-11)14-12(17)9-3-1-2-4-10(9)15(18)19/h1-4,8H,5-7H2,(H,13,16)(H,14,17). The molecule has 7 heteroatoms. The van der Waals surface area contributed by atoms with E-state index in [9.17, 15) is 19.7 Å². The molecule has 1 aliphatic heterocycles. The number of carbonyl (C=O) groups is 2. The predicted octanol–water partition coefficient (Wildman–Crippen LogP) is 0.603. The van der Waals surface area contributed by atoms with Crippen LogP contribution in [0.1, 0.15) is 23.2 Å². The Hall–Kier alpha value is -2.44. The van der Waals surface area contributed by atoms with Crippen LogP contribution in [0.15, 0.2) is 24.3 Å². The zero-order chi connectivity index (χ0) is 13.8. The van der Waals surface area contributed by atoms with E-state index >= 15 is 0 Å². The summed E-state index contributed by atoms with van der Waals surface area (Å²) in [6, 6.07) is 5.59. The van der Waals surface area contributed by atoms with Crippen molar-refractivity contribution in [2.24, 2.45) is 0 Å². The molecule has 0 aliphatic carbocycles. The summed E-state index contributed by atoms with van der Waals surface area (Å²) in [5.74, 6) is -0.537. The number of hydrogen-bond donors (Lipinski definition) is 2. The van der Waals surface area contributed by atoms with Gasteiger partial charge in [-0.05, 0) is 12.5 Å². The molecular weight excluding hydrogens is 250 g/mol. The van der Waals surface area contributed by atoms with Gasteiger partial charge in [0.05, 0.1) is 4.92 Å². The Morgan fingerprint density at radius 3 is 2.79 bits per heavy atom. The van der Waals surface area contributed by atoms with E-state index in [0.29, 0.717) is 19.4 Å². The van der Waals surface area contributed by atoms with Gasteiger partial charge in [-0.2, -0.15) is 0 Å². The number of para-hydroxylation sites is 1. The second-order valence-electron chi connectivity index (χ2n) is 4.29. The molecule has 1 saturated heterocycles. The molecule has 1 fully saturated rings. The Balaban J connectivity index is 2.08. The number of benzene rings is 1. The average Bonchev–Trinajstić information content (AvgIpc) is 2.41. The maximum Gasteiger partial charge on any atom is 0.282 e. The molecule has 0 bridgehead atoms. The van der Waals surface area contributed by atoms with Gasteiger partial charge in [0.2, 0.25) is 5.91 Å². The number of amides is 2. The molecule has 100 valence electrons. The van der Waals surface area contributed by atoms with Gasteiger partial charge in [0.15, 0.2) is 0 Å². The van der Waals surface area contributed by atoms with Crippen LogP contribution in [0.3, 0.4) is 0 Å². The lowest BCUT2D eigenvalue weighted by Crippen LogP contribution is -2.47. The first-order valence-corrected chi connectivity index (χ1v) is 5.89. The summed E-state index contributed by atoms with van der Waals surface area (Å²) in [5.41, 5.74) is -0.191. The maximum atomic E-state index is 12.0. The second-order valence-corrected chi connectivity index (χ2v) is 4.29. The van der Waals surface area contributed by atoms with Crippen molar-refractivity contribution in [1.82, 2.24) is 10.6 Å². The van der Waals surface area contributed by atoms with Crippen molar-refractivity contribution in [2.45, 2.75) is 18.9 Å². The fraction of sp³-hybridized carbons (Fsp3) is 0.333. The fourth-order valence-corrected chi connectivity index (χ4v) is 1.94. The summed E-state index contributed by atoms with van der Waals surface area (Å²) in [5, 5.41) is 16.2. The van der Waals surface area contributed by atoms with Crippen molar-refractivity contribution in [3.8, 4) is 0 Å². The lowest BCUT2D eigenvalue weighted by molar-refractivity contribution is -0.385. The van der Waals surface area contributed by atoms with Gasteiger partial charge >= 0.3 is 0 Å². The number of nitrogens with one attached hydrogen (secondary N) is 2. The van der Waals surface area contributed by atoms with E-state index in [1.807, 2.05) is 0 Å². The van der Waals surface area contributed by atoms with Crippen LogP contribution in [0.25, 0.3) is 0 Å². The van der Waals surface area contributed by atoms with Gasteiger partial charge in [-0.3, -0.25) is 19.7 Å². The van der Waals surface area contributed by atoms with E-state index in [1.54, 1.807) is 6.07 Å². The van der Waals surface area contributed by atoms with E-state index in [4.69, 9.17) is 0 Å². The molecule has 19 heavy (non-hydrogen) atoms. The van der Waals surface area contributed by atoms with Crippen LogP contribution < -0.4 is 10.6 Å². The summed E-state index contributed by atoms with van der Waals surface area (Å²) in [4.78, 5) is 33.2. The Morgan fingerprint density at radius 1 is 1.42 bits per heavy atom. The van der Waals surface area contributed by atoms with Crippen LogP contribution in [-0.4, -0.2) is 29.3 Å². The molecule has 2 amide bonds. The Bertz CT molecular complexity index is 519. The Morgan fingerprint density at radius 2 is 2.16 bits per heavy atom. The van der Waals surface area contributed by atoms with Crippen molar-refractivity contribution in [2.75, 3.05) is 6.54 Å². The van der Waals surface area contributed by atoms with Crippen LogP contribution in [-0.2, 0) is 4.79 Å². The summed E-state index contributed by atoms with van der Waals surface area (Å²) in [6.45, 7) is 0.352. The predicted molar refractivity (Wildman–Crippen MR) is 66.6 cm³/mol. The third-order valence-corrected chi connectivity index (χ3v) is 2.95. The van der Waals surface area contributed by atoms with E-state index in [1.165, 1.54) is 18.2 Å². The first-order chi connectivity index (χ1) is 9.08. The SMILES string of the molecule is O=C1CCC(NC(=O)c2ccccc2[N+](=O)[O-])CN1. The average molecular weight is 263 g/mol. The van der Waals surface area contributed by atoms with Crippen molar-refractivity contribution >= 4 is 17.5 Å². The summed E-state index contributed by atoms with van der Waals surface area (Å²) >= 11 is 0. The zero-order valence-corrected chi connectivity index (χ0v) is 10.1.